The Labute approximate surface area is 91.5 Å². The zero-order chi connectivity index (χ0) is 11.1. The van der Waals surface area contributed by atoms with Crippen molar-refractivity contribution in [2.75, 3.05) is 0 Å². The fourth-order valence-electron chi connectivity index (χ4n) is 1.88. The Hall–Kier alpha value is -2.36. The fraction of sp³-hybridized carbons (Fsp3) is 0. The van der Waals surface area contributed by atoms with Gasteiger partial charge in [0.1, 0.15) is 5.70 Å². The number of Topliss-reactive ketones (excluding diaryl/α,β-unsaturated/α-hetero) is 1. The number of hydrogen-bond donors (Lipinski definition) is 1. The van der Waals surface area contributed by atoms with Gasteiger partial charge in [-0.25, -0.2) is 4.98 Å². The van der Waals surface area contributed by atoms with E-state index in [-0.39, 0.29) is 17.2 Å². The van der Waals surface area contributed by atoms with E-state index in [4.69, 9.17) is 0 Å². The molecule has 4 heteroatoms. The lowest BCUT2D eigenvalue weighted by molar-refractivity contribution is 0.105. The highest BCUT2D eigenvalue weighted by Gasteiger charge is 2.30. The van der Waals surface area contributed by atoms with Crippen LogP contribution in [0.15, 0.2) is 43.0 Å². The number of aromatic nitrogens is 2. The topological polar surface area (TPSA) is 55.1 Å². The highest BCUT2D eigenvalue weighted by atomic mass is 16.3. The smallest absolute Gasteiger partial charge is 0.214 e. The van der Waals surface area contributed by atoms with E-state index < -0.39 is 0 Å². The normalized spacial score (nSPS) is 14.4. The molecule has 1 aromatic carbocycles. The molecule has 1 aliphatic rings. The molecule has 0 radical (unpaired) electrons. The Bertz CT molecular complexity index is 597. The van der Waals surface area contributed by atoms with Crippen LogP contribution in [0.5, 0.6) is 0 Å². The quantitative estimate of drug-likeness (QED) is 0.786. The third-order valence-corrected chi connectivity index (χ3v) is 2.63. The standard InChI is InChI=1S/C12H8N2O2/c15-11-8-3-1-2-4-9(8)12(16)10(11)14-6-5-13-7-14/h1-7,15H. The molecular formula is C12H8N2O2. The highest BCUT2D eigenvalue weighted by Crippen LogP contribution is 2.33. The van der Waals surface area contributed by atoms with E-state index in [2.05, 4.69) is 4.98 Å². The van der Waals surface area contributed by atoms with Gasteiger partial charge in [0.2, 0.25) is 5.78 Å². The van der Waals surface area contributed by atoms with Gasteiger partial charge in [-0.3, -0.25) is 9.36 Å². The Morgan fingerprint density at radius 2 is 1.94 bits per heavy atom. The van der Waals surface area contributed by atoms with Gasteiger partial charge in [-0.05, 0) is 0 Å². The summed E-state index contributed by atoms with van der Waals surface area (Å²) in [6, 6.07) is 7.00. The number of benzene rings is 1. The number of fused-ring (bicyclic) bond motifs is 1. The Morgan fingerprint density at radius 3 is 2.56 bits per heavy atom. The fourth-order valence-corrected chi connectivity index (χ4v) is 1.88. The van der Waals surface area contributed by atoms with Crippen molar-refractivity contribution in [1.29, 1.82) is 0 Å². The SMILES string of the molecule is O=C1C(n2ccnc2)=C(O)c2ccccc21. The Kier molecular flexibility index (Phi) is 1.71. The van der Waals surface area contributed by atoms with Crippen molar-refractivity contribution in [2.24, 2.45) is 0 Å². The largest absolute Gasteiger partial charge is 0.505 e. The molecule has 0 unspecified atom stereocenters. The first-order valence-corrected chi connectivity index (χ1v) is 4.84. The Balaban J connectivity index is 2.24. The summed E-state index contributed by atoms with van der Waals surface area (Å²) >= 11 is 0. The van der Waals surface area contributed by atoms with Crippen LogP contribution in [0.4, 0.5) is 0 Å². The average Bonchev–Trinajstić information content (AvgIpc) is 2.89. The third kappa shape index (κ3) is 1.04. The molecule has 1 heterocycles. The van der Waals surface area contributed by atoms with E-state index in [1.165, 1.54) is 10.9 Å². The van der Waals surface area contributed by atoms with Crippen molar-refractivity contribution in [2.45, 2.75) is 0 Å². The van der Waals surface area contributed by atoms with Gasteiger partial charge in [0.15, 0.2) is 5.76 Å². The molecule has 0 atom stereocenters. The number of aliphatic hydroxyl groups excluding tert-OH is 1. The second-order valence-electron chi connectivity index (χ2n) is 3.54. The first kappa shape index (κ1) is 8.91. The molecule has 0 saturated carbocycles. The van der Waals surface area contributed by atoms with Crippen LogP contribution >= 0.6 is 0 Å². The molecule has 0 spiro atoms. The van der Waals surface area contributed by atoms with Crippen molar-refractivity contribution >= 4 is 17.2 Å². The van der Waals surface area contributed by atoms with Crippen molar-refractivity contribution < 1.29 is 9.90 Å². The molecule has 0 fully saturated rings. The molecule has 3 rings (SSSR count). The Morgan fingerprint density at radius 1 is 1.19 bits per heavy atom. The van der Waals surface area contributed by atoms with Gasteiger partial charge in [-0.1, -0.05) is 24.3 Å². The molecule has 0 aliphatic heterocycles. The molecule has 0 amide bonds. The lowest BCUT2D eigenvalue weighted by atomic mass is 10.1. The van der Waals surface area contributed by atoms with Crippen LogP contribution in [-0.4, -0.2) is 20.4 Å². The summed E-state index contributed by atoms with van der Waals surface area (Å²) in [5, 5.41) is 9.99. The lowest BCUT2D eigenvalue weighted by Gasteiger charge is -2.00. The summed E-state index contributed by atoms with van der Waals surface area (Å²) in [5.41, 5.74) is 1.37. The number of allylic oxidation sites excluding steroid dienone is 1. The van der Waals surface area contributed by atoms with Gasteiger partial charge in [0, 0.05) is 23.5 Å². The third-order valence-electron chi connectivity index (χ3n) is 2.63. The molecule has 0 bridgehead atoms. The van der Waals surface area contributed by atoms with Crippen molar-refractivity contribution in [3.05, 3.63) is 54.1 Å². The van der Waals surface area contributed by atoms with Crippen LogP contribution in [-0.2, 0) is 0 Å². The van der Waals surface area contributed by atoms with Crippen LogP contribution in [0.25, 0.3) is 11.5 Å². The highest BCUT2D eigenvalue weighted by molar-refractivity contribution is 6.34. The zero-order valence-corrected chi connectivity index (χ0v) is 8.29. The molecule has 0 saturated heterocycles. The molecule has 2 aromatic rings. The molecule has 1 N–H and O–H groups in total. The minimum absolute atomic E-state index is 0.0126. The van der Waals surface area contributed by atoms with Crippen LogP contribution in [0.1, 0.15) is 15.9 Å². The maximum atomic E-state index is 12.0. The summed E-state index contributed by atoms with van der Waals surface area (Å²) in [6.45, 7) is 0. The number of carbonyl (C=O) groups is 1. The van der Waals surface area contributed by atoms with Gasteiger partial charge in [0.05, 0.1) is 6.33 Å². The summed E-state index contributed by atoms with van der Waals surface area (Å²) in [7, 11) is 0. The predicted molar refractivity (Wildman–Crippen MR) is 58.7 cm³/mol. The number of imidazole rings is 1. The summed E-state index contributed by atoms with van der Waals surface area (Å²) in [5.74, 6) is -0.162. The molecular weight excluding hydrogens is 204 g/mol. The average molecular weight is 212 g/mol. The van der Waals surface area contributed by atoms with Crippen LogP contribution in [0.3, 0.4) is 0 Å². The van der Waals surface area contributed by atoms with Crippen LogP contribution < -0.4 is 0 Å². The number of ketones is 1. The minimum Gasteiger partial charge on any atom is -0.505 e. The lowest BCUT2D eigenvalue weighted by Crippen LogP contribution is -2.03. The van der Waals surface area contributed by atoms with Crippen molar-refractivity contribution in [1.82, 2.24) is 9.55 Å². The molecule has 1 aromatic heterocycles. The maximum Gasteiger partial charge on any atom is 0.214 e. The monoisotopic (exact) mass is 212 g/mol. The van der Waals surface area contributed by atoms with Gasteiger partial charge in [-0.15, -0.1) is 0 Å². The van der Waals surface area contributed by atoms with Crippen LogP contribution in [0.2, 0.25) is 0 Å². The van der Waals surface area contributed by atoms with E-state index in [0.717, 1.165) is 0 Å². The first-order chi connectivity index (χ1) is 7.79. The van der Waals surface area contributed by atoms with Gasteiger partial charge in [-0.2, -0.15) is 0 Å². The van der Waals surface area contributed by atoms with Gasteiger partial charge >= 0.3 is 0 Å². The van der Waals surface area contributed by atoms with Crippen molar-refractivity contribution in [3.63, 3.8) is 0 Å². The number of rotatable bonds is 1. The second kappa shape index (κ2) is 3.06. The van der Waals surface area contributed by atoms with Gasteiger partial charge in [0.25, 0.3) is 0 Å². The maximum absolute atomic E-state index is 12.0. The zero-order valence-electron chi connectivity index (χ0n) is 8.29. The second-order valence-corrected chi connectivity index (χ2v) is 3.54. The number of aliphatic hydroxyl groups is 1. The number of hydrogen-bond acceptors (Lipinski definition) is 3. The van der Waals surface area contributed by atoms with E-state index in [0.29, 0.717) is 11.1 Å². The molecule has 78 valence electrons. The molecule has 1 aliphatic carbocycles. The number of carbonyl (C=O) groups excluding carboxylic acids is 1. The van der Waals surface area contributed by atoms with E-state index >= 15 is 0 Å². The molecule has 4 nitrogen and oxygen atoms in total. The summed E-state index contributed by atoms with van der Waals surface area (Å²) in [6.07, 6.45) is 4.70. The van der Waals surface area contributed by atoms with Gasteiger partial charge < -0.3 is 5.11 Å². The van der Waals surface area contributed by atoms with E-state index in [1.807, 2.05) is 0 Å². The minimum atomic E-state index is -0.175. The molecule has 16 heavy (non-hydrogen) atoms. The summed E-state index contributed by atoms with van der Waals surface area (Å²) in [4.78, 5) is 15.9. The van der Waals surface area contributed by atoms with Crippen LogP contribution in [0, 0.1) is 0 Å². The van der Waals surface area contributed by atoms with E-state index in [9.17, 15) is 9.90 Å². The number of nitrogens with zero attached hydrogens (tertiary/aromatic N) is 2. The predicted octanol–water partition coefficient (Wildman–Crippen LogP) is 1.96. The summed E-state index contributed by atoms with van der Waals surface area (Å²) < 4.78 is 1.53. The first-order valence-electron chi connectivity index (χ1n) is 4.84. The van der Waals surface area contributed by atoms with E-state index in [1.54, 1.807) is 36.7 Å². The van der Waals surface area contributed by atoms with Crippen molar-refractivity contribution in [3.8, 4) is 0 Å².